The Morgan fingerprint density at radius 2 is 1.89 bits per heavy atom. The van der Waals surface area contributed by atoms with Crippen molar-refractivity contribution in [1.82, 2.24) is 4.98 Å². The first-order valence-electron chi connectivity index (χ1n) is 5.89. The SMILES string of the molecule is O=C(c1cccc(Br)c1)c1cccc2ccncc12. The molecular formula is C16H10BrNO. The number of rotatable bonds is 2. The highest BCUT2D eigenvalue weighted by molar-refractivity contribution is 9.10. The van der Waals surface area contributed by atoms with Crippen molar-refractivity contribution < 1.29 is 4.79 Å². The van der Waals surface area contributed by atoms with E-state index >= 15 is 0 Å². The van der Waals surface area contributed by atoms with Crippen LogP contribution in [-0.4, -0.2) is 10.8 Å². The first kappa shape index (κ1) is 12.1. The highest BCUT2D eigenvalue weighted by atomic mass is 79.9. The second-order valence-corrected chi connectivity index (χ2v) is 5.16. The minimum Gasteiger partial charge on any atom is -0.289 e. The average Bonchev–Trinajstić information content (AvgIpc) is 2.46. The Balaban J connectivity index is 2.17. The molecule has 0 saturated carbocycles. The lowest BCUT2D eigenvalue weighted by molar-refractivity contribution is 0.104. The van der Waals surface area contributed by atoms with Crippen molar-refractivity contribution in [2.75, 3.05) is 0 Å². The van der Waals surface area contributed by atoms with Crippen LogP contribution in [0.3, 0.4) is 0 Å². The average molecular weight is 312 g/mol. The van der Waals surface area contributed by atoms with E-state index in [0.29, 0.717) is 11.1 Å². The van der Waals surface area contributed by atoms with Crippen molar-refractivity contribution in [1.29, 1.82) is 0 Å². The van der Waals surface area contributed by atoms with Crippen LogP contribution in [0, 0.1) is 0 Å². The molecule has 3 heteroatoms. The molecule has 2 nitrogen and oxygen atoms in total. The van der Waals surface area contributed by atoms with E-state index in [9.17, 15) is 4.79 Å². The van der Waals surface area contributed by atoms with E-state index in [1.165, 1.54) is 0 Å². The smallest absolute Gasteiger partial charge is 0.193 e. The van der Waals surface area contributed by atoms with E-state index in [1.807, 2.05) is 48.5 Å². The molecule has 0 aliphatic rings. The van der Waals surface area contributed by atoms with Gasteiger partial charge in [0.25, 0.3) is 0 Å². The van der Waals surface area contributed by atoms with Crippen molar-refractivity contribution >= 4 is 32.5 Å². The van der Waals surface area contributed by atoms with E-state index in [2.05, 4.69) is 20.9 Å². The second kappa shape index (κ2) is 4.94. The zero-order chi connectivity index (χ0) is 13.2. The maximum absolute atomic E-state index is 12.6. The lowest BCUT2D eigenvalue weighted by Crippen LogP contribution is -2.02. The van der Waals surface area contributed by atoms with Gasteiger partial charge in [0.05, 0.1) is 0 Å². The monoisotopic (exact) mass is 311 g/mol. The first-order valence-corrected chi connectivity index (χ1v) is 6.68. The summed E-state index contributed by atoms with van der Waals surface area (Å²) < 4.78 is 0.900. The molecule has 1 aromatic heterocycles. The largest absolute Gasteiger partial charge is 0.289 e. The summed E-state index contributed by atoms with van der Waals surface area (Å²) in [5.41, 5.74) is 1.36. The van der Waals surface area contributed by atoms with E-state index in [-0.39, 0.29) is 5.78 Å². The molecule has 92 valence electrons. The highest BCUT2D eigenvalue weighted by Gasteiger charge is 2.12. The summed E-state index contributed by atoms with van der Waals surface area (Å²) in [5.74, 6) is 0.0138. The van der Waals surface area contributed by atoms with Gasteiger partial charge in [0.2, 0.25) is 0 Å². The van der Waals surface area contributed by atoms with Gasteiger partial charge in [-0.2, -0.15) is 0 Å². The molecule has 0 aliphatic carbocycles. The topological polar surface area (TPSA) is 30.0 Å². The van der Waals surface area contributed by atoms with Gasteiger partial charge in [-0.1, -0.05) is 46.3 Å². The van der Waals surface area contributed by atoms with Gasteiger partial charge < -0.3 is 0 Å². The Morgan fingerprint density at radius 3 is 2.74 bits per heavy atom. The van der Waals surface area contributed by atoms with Crippen molar-refractivity contribution in [3.05, 3.63) is 76.5 Å². The Kier molecular flexibility index (Phi) is 3.13. The van der Waals surface area contributed by atoms with Crippen molar-refractivity contribution in [3.63, 3.8) is 0 Å². The number of carbonyl (C=O) groups excluding carboxylic acids is 1. The summed E-state index contributed by atoms with van der Waals surface area (Å²) in [5, 5.41) is 1.91. The Hall–Kier alpha value is -2.00. The zero-order valence-corrected chi connectivity index (χ0v) is 11.6. The quantitative estimate of drug-likeness (QED) is 0.663. The van der Waals surface area contributed by atoms with E-state index in [1.54, 1.807) is 12.4 Å². The van der Waals surface area contributed by atoms with E-state index in [0.717, 1.165) is 15.2 Å². The molecule has 0 fully saturated rings. The van der Waals surface area contributed by atoms with Crippen LogP contribution < -0.4 is 0 Å². The third-order valence-corrected chi connectivity index (χ3v) is 3.51. The molecule has 0 spiro atoms. The maximum atomic E-state index is 12.6. The molecule has 1 heterocycles. The molecule has 0 amide bonds. The van der Waals surface area contributed by atoms with Crippen LogP contribution in [0.5, 0.6) is 0 Å². The third kappa shape index (κ3) is 2.29. The number of carbonyl (C=O) groups is 1. The lowest BCUT2D eigenvalue weighted by atomic mass is 9.99. The van der Waals surface area contributed by atoms with Crippen LogP contribution in [0.4, 0.5) is 0 Å². The van der Waals surface area contributed by atoms with E-state index < -0.39 is 0 Å². The van der Waals surface area contributed by atoms with Gasteiger partial charge in [-0.15, -0.1) is 0 Å². The normalized spacial score (nSPS) is 10.6. The van der Waals surface area contributed by atoms with Crippen LogP contribution >= 0.6 is 15.9 Å². The van der Waals surface area contributed by atoms with Gasteiger partial charge in [-0.3, -0.25) is 9.78 Å². The standard InChI is InChI=1S/C16H10BrNO/c17-13-5-1-4-12(9-13)16(19)14-6-2-3-11-7-8-18-10-15(11)14/h1-10H. The summed E-state index contributed by atoms with van der Waals surface area (Å²) >= 11 is 3.39. The van der Waals surface area contributed by atoms with Gasteiger partial charge in [0.1, 0.15) is 0 Å². The van der Waals surface area contributed by atoms with Crippen LogP contribution in [0.15, 0.2) is 65.4 Å². The number of ketones is 1. The summed E-state index contributed by atoms with van der Waals surface area (Å²) in [6.45, 7) is 0. The molecule has 0 saturated heterocycles. The predicted molar refractivity (Wildman–Crippen MR) is 79.3 cm³/mol. The summed E-state index contributed by atoms with van der Waals surface area (Å²) in [6, 6.07) is 15.0. The van der Waals surface area contributed by atoms with Gasteiger partial charge in [0.15, 0.2) is 5.78 Å². The highest BCUT2D eigenvalue weighted by Crippen LogP contribution is 2.21. The number of fused-ring (bicyclic) bond motifs is 1. The zero-order valence-electron chi connectivity index (χ0n) is 10.0. The molecule has 0 aliphatic heterocycles. The number of halogens is 1. The number of benzene rings is 2. The number of hydrogen-bond acceptors (Lipinski definition) is 2. The molecule has 0 N–H and O–H groups in total. The molecule has 0 unspecified atom stereocenters. The fraction of sp³-hybridized carbons (Fsp3) is 0. The fourth-order valence-corrected chi connectivity index (χ4v) is 2.50. The molecule has 3 rings (SSSR count). The summed E-state index contributed by atoms with van der Waals surface area (Å²) in [4.78, 5) is 16.7. The van der Waals surface area contributed by atoms with Crippen LogP contribution in [0.25, 0.3) is 10.8 Å². The molecule has 2 aromatic carbocycles. The van der Waals surface area contributed by atoms with Crippen molar-refractivity contribution in [2.45, 2.75) is 0 Å². The van der Waals surface area contributed by atoms with E-state index in [4.69, 9.17) is 0 Å². The molecule has 0 atom stereocenters. The number of pyridine rings is 1. The van der Waals surface area contributed by atoms with Crippen LogP contribution in [-0.2, 0) is 0 Å². The van der Waals surface area contributed by atoms with Gasteiger partial charge >= 0.3 is 0 Å². The molecule has 0 radical (unpaired) electrons. The maximum Gasteiger partial charge on any atom is 0.193 e. The number of aromatic nitrogens is 1. The predicted octanol–water partition coefficient (Wildman–Crippen LogP) is 4.23. The minimum atomic E-state index is 0.0138. The summed E-state index contributed by atoms with van der Waals surface area (Å²) in [6.07, 6.45) is 3.47. The van der Waals surface area contributed by atoms with Gasteiger partial charge in [-0.05, 0) is 23.6 Å². The molecule has 19 heavy (non-hydrogen) atoms. The van der Waals surface area contributed by atoms with Gasteiger partial charge in [0, 0.05) is 33.4 Å². The Bertz CT molecular complexity index is 762. The fourth-order valence-electron chi connectivity index (χ4n) is 2.10. The third-order valence-electron chi connectivity index (χ3n) is 3.02. The Morgan fingerprint density at radius 1 is 1.05 bits per heavy atom. The molecule has 0 bridgehead atoms. The minimum absolute atomic E-state index is 0.0138. The van der Waals surface area contributed by atoms with Crippen molar-refractivity contribution in [2.24, 2.45) is 0 Å². The number of hydrogen-bond donors (Lipinski definition) is 0. The van der Waals surface area contributed by atoms with Crippen molar-refractivity contribution in [3.8, 4) is 0 Å². The first-order chi connectivity index (χ1) is 9.25. The lowest BCUT2D eigenvalue weighted by Gasteiger charge is -2.05. The van der Waals surface area contributed by atoms with Gasteiger partial charge in [-0.25, -0.2) is 0 Å². The summed E-state index contributed by atoms with van der Waals surface area (Å²) in [7, 11) is 0. The number of nitrogens with zero attached hydrogens (tertiary/aromatic N) is 1. The Labute approximate surface area is 119 Å². The van der Waals surface area contributed by atoms with Crippen LogP contribution in [0.2, 0.25) is 0 Å². The molecular weight excluding hydrogens is 302 g/mol. The molecule has 3 aromatic rings. The van der Waals surface area contributed by atoms with Crippen LogP contribution in [0.1, 0.15) is 15.9 Å². The second-order valence-electron chi connectivity index (χ2n) is 4.24.